The second kappa shape index (κ2) is 8.55. The zero-order valence-corrected chi connectivity index (χ0v) is 18.9. The normalized spacial score (nSPS) is 18.3. The number of nitrogens with zero attached hydrogens (tertiary/aromatic N) is 3. The van der Waals surface area contributed by atoms with Crippen molar-refractivity contribution in [2.45, 2.75) is 0 Å². The number of halogens is 1. The Bertz CT molecular complexity index is 1330. The van der Waals surface area contributed by atoms with E-state index < -0.39 is 12.8 Å². The van der Waals surface area contributed by atoms with Crippen LogP contribution in [0.5, 0.6) is 0 Å². The third-order valence-electron chi connectivity index (χ3n) is 5.75. The monoisotopic (exact) mass is 466 g/mol. The molecule has 0 radical (unpaired) electrons. The Kier molecular flexibility index (Phi) is 5.41. The van der Waals surface area contributed by atoms with E-state index in [4.69, 9.17) is 4.52 Å². The molecule has 0 bridgehead atoms. The Hall–Kier alpha value is -4.33. The van der Waals surface area contributed by atoms with Gasteiger partial charge in [-0.3, -0.25) is 0 Å². The van der Waals surface area contributed by atoms with Crippen molar-refractivity contribution in [3.05, 3.63) is 121 Å². The van der Waals surface area contributed by atoms with Crippen molar-refractivity contribution in [3.8, 4) is 6.07 Å². The minimum absolute atomic E-state index is 0.0411. The third-order valence-corrected chi connectivity index (χ3v) is 10.6. The molecule has 0 spiro atoms. The Balaban J connectivity index is 1.89. The summed E-state index contributed by atoms with van der Waals surface area (Å²) in [4.78, 5) is 4.45. The zero-order chi connectivity index (χ0) is 23.5. The number of hydrazone groups is 1. The average molecular weight is 466 g/mol. The van der Waals surface area contributed by atoms with Crippen LogP contribution in [0.1, 0.15) is 0 Å². The summed E-state index contributed by atoms with van der Waals surface area (Å²) >= 11 is 0. The topological polar surface area (TPSA) is 69.8 Å². The van der Waals surface area contributed by atoms with Gasteiger partial charge in [0, 0.05) is 0 Å². The molecule has 0 aromatic heterocycles. The van der Waals surface area contributed by atoms with Gasteiger partial charge in [-0.05, 0) is 0 Å². The van der Waals surface area contributed by atoms with Crippen molar-refractivity contribution in [3.63, 3.8) is 0 Å². The second-order valence-corrected chi connectivity index (χ2v) is 11.7. The van der Waals surface area contributed by atoms with Crippen LogP contribution >= 0.6 is 6.98 Å². The summed E-state index contributed by atoms with van der Waals surface area (Å²) in [7, 11) is 0. The van der Waals surface area contributed by atoms with Crippen LogP contribution in [0.2, 0.25) is 0 Å². The van der Waals surface area contributed by atoms with Gasteiger partial charge in [0.1, 0.15) is 0 Å². The molecule has 0 unspecified atom stereocenters. The predicted molar refractivity (Wildman–Crippen MR) is 136 cm³/mol. The van der Waals surface area contributed by atoms with Gasteiger partial charge in [-0.15, -0.1) is 0 Å². The molecule has 5 rings (SSSR count). The van der Waals surface area contributed by atoms with Gasteiger partial charge in [0.15, 0.2) is 0 Å². The van der Waals surface area contributed by atoms with E-state index in [1.54, 1.807) is 12.1 Å². The molecule has 1 N–H and O–H groups in total. The Labute approximate surface area is 196 Å². The molecule has 0 saturated carbocycles. The van der Waals surface area contributed by atoms with Gasteiger partial charge in [0.2, 0.25) is 0 Å². The van der Waals surface area contributed by atoms with Crippen LogP contribution in [-0.2, 0) is 4.52 Å². The summed E-state index contributed by atoms with van der Waals surface area (Å²) in [5, 5.41) is 20.2. The van der Waals surface area contributed by atoms with Crippen molar-refractivity contribution in [1.82, 2.24) is 5.20 Å². The minimum atomic E-state index is -4.02. The molecular formula is C27H20FN4OP. The molecule has 166 valence electrons. The summed E-state index contributed by atoms with van der Waals surface area (Å²) in [6.07, 6.45) is 0. The average Bonchev–Trinajstić information content (AvgIpc) is 2.91. The molecule has 4 aromatic carbocycles. The Morgan fingerprint density at radius 3 is 1.68 bits per heavy atom. The molecule has 0 atom stereocenters. The Morgan fingerprint density at radius 1 is 0.735 bits per heavy atom. The van der Waals surface area contributed by atoms with Gasteiger partial charge in [0.25, 0.3) is 0 Å². The zero-order valence-electron chi connectivity index (χ0n) is 18.0. The van der Waals surface area contributed by atoms with Crippen molar-refractivity contribution < 1.29 is 8.91 Å². The molecule has 34 heavy (non-hydrogen) atoms. The molecule has 1 heterocycles. The SMILES string of the molecule is N#CC1=NNP(c2ccccc2)(c2ccccc2)(c2ccccc2)OC1=Nc1ccccc1F. The van der Waals surface area contributed by atoms with Crippen molar-refractivity contribution in [2.75, 3.05) is 0 Å². The maximum absolute atomic E-state index is 14.5. The molecule has 7 heteroatoms. The molecular weight excluding hydrogens is 446 g/mol. The summed E-state index contributed by atoms with van der Waals surface area (Å²) < 4.78 is 21.5. The van der Waals surface area contributed by atoms with Crippen molar-refractivity contribution in [2.24, 2.45) is 10.1 Å². The number of aliphatic imine (C=N–C) groups is 1. The first-order valence-corrected chi connectivity index (χ1v) is 12.8. The summed E-state index contributed by atoms with van der Waals surface area (Å²) in [5.74, 6) is -0.561. The van der Waals surface area contributed by atoms with E-state index >= 15 is 0 Å². The van der Waals surface area contributed by atoms with Crippen LogP contribution in [0.25, 0.3) is 0 Å². The van der Waals surface area contributed by atoms with Gasteiger partial charge in [-0.2, -0.15) is 0 Å². The molecule has 1 aliphatic rings. The molecule has 1 aliphatic heterocycles. The number of benzene rings is 4. The number of nitrogens with one attached hydrogen (secondary N) is 1. The third kappa shape index (κ3) is 3.26. The van der Waals surface area contributed by atoms with Crippen LogP contribution in [0, 0.1) is 17.1 Å². The number of nitriles is 1. The van der Waals surface area contributed by atoms with Gasteiger partial charge < -0.3 is 0 Å². The van der Waals surface area contributed by atoms with Crippen molar-refractivity contribution >= 4 is 40.2 Å². The van der Waals surface area contributed by atoms with Gasteiger partial charge in [0.05, 0.1) is 0 Å². The molecule has 0 amide bonds. The number of para-hydroxylation sites is 1. The standard InChI is InChI=1S/C27H20FN4OP/c28-24-18-10-11-19-25(24)30-27-26(20-29)31-32-34(33-27,21-12-4-1-5-13-21,22-14-6-2-7-15-22)23-16-8-3-9-17-23/h1-19,32H. The van der Waals surface area contributed by atoms with Crippen LogP contribution in [0.3, 0.4) is 0 Å². The molecule has 4 aromatic rings. The number of hydrogen-bond acceptors (Lipinski definition) is 5. The van der Waals surface area contributed by atoms with Gasteiger partial charge in [-0.25, -0.2) is 0 Å². The number of hydrogen-bond donors (Lipinski definition) is 1. The van der Waals surface area contributed by atoms with E-state index in [1.165, 1.54) is 12.1 Å². The van der Waals surface area contributed by atoms with E-state index in [1.807, 2.05) is 97.1 Å². The van der Waals surface area contributed by atoms with E-state index in [9.17, 15) is 9.65 Å². The summed E-state index contributed by atoms with van der Waals surface area (Å²) in [6, 6.07) is 37.3. The first kappa shape index (κ1) is 21.5. The van der Waals surface area contributed by atoms with Crippen LogP contribution in [0.15, 0.2) is 125 Å². The molecule has 0 fully saturated rings. The quantitative estimate of drug-likeness (QED) is 0.443. The van der Waals surface area contributed by atoms with Gasteiger partial charge in [-0.1, -0.05) is 0 Å². The van der Waals surface area contributed by atoms with Gasteiger partial charge >= 0.3 is 197 Å². The summed E-state index contributed by atoms with van der Waals surface area (Å²) in [6.45, 7) is -4.02. The van der Waals surface area contributed by atoms with Crippen LogP contribution in [0.4, 0.5) is 10.1 Å². The molecule has 5 nitrogen and oxygen atoms in total. The second-order valence-electron chi connectivity index (χ2n) is 7.67. The fraction of sp³-hybridized carbons (Fsp3) is 0. The first-order chi connectivity index (χ1) is 16.7. The fourth-order valence-corrected chi connectivity index (χ4v) is 8.73. The summed E-state index contributed by atoms with van der Waals surface area (Å²) in [5.41, 5.74) is -0.000517. The van der Waals surface area contributed by atoms with Crippen molar-refractivity contribution in [1.29, 1.82) is 5.26 Å². The molecule has 0 aliphatic carbocycles. The predicted octanol–water partition coefficient (Wildman–Crippen LogP) is 4.71. The first-order valence-electron chi connectivity index (χ1n) is 10.6. The molecule has 0 saturated heterocycles. The number of rotatable bonds is 4. The Morgan fingerprint density at radius 2 is 1.21 bits per heavy atom. The van der Waals surface area contributed by atoms with Crippen LogP contribution in [-0.4, -0.2) is 11.6 Å². The van der Waals surface area contributed by atoms with E-state index in [2.05, 4.69) is 15.3 Å². The van der Waals surface area contributed by atoms with E-state index in [-0.39, 0.29) is 17.3 Å². The maximum atomic E-state index is 14.5. The van der Waals surface area contributed by atoms with E-state index in [0.717, 1.165) is 15.9 Å². The van der Waals surface area contributed by atoms with Crippen LogP contribution < -0.4 is 21.1 Å². The fourth-order valence-electron chi connectivity index (χ4n) is 4.14. The van der Waals surface area contributed by atoms with E-state index in [0.29, 0.717) is 0 Å².